The summed E-state index contributed by atoms with van der Waals surface area (Å²) in [5, 5.41) is 5.45. The molecular formula is C18H20N2O2. The number of amides is 2. The molecule has 0 fully saturated rings. The lowest BCUT2D eigenvalue weighted by molar-refractivity contribution is 0.255. The molecule has 2 N–H and O–H groups in total. The molecule has 4 heteroatoms. The number of hydrogen-bond donors (Lipinski definition) is 2. The number of carbonyl (C=O) groups is 1. The second-order valence-corrected chi connectivity index (χ2v) is 4.72. The average molecular weight is 296 g/mol. The van der Waals surface area contributed by atoms with E-state index in [1.807, 2.05) is 48.5 Å². The quantitative estimate of drug-likeness (QED) is 0.874. The molecule has 0 radical (unpaired) electrons. The normalized spacial score (nSPS) is 10.5. The summed E-state index contributed by atoms with van der Waals surface area (Å²) in [5.41, 5.74) is 2.90. The molecule has 2 aromatic carbocycles. The first-order valence-corrected chi connectivity index (χ1v) is 7.19. The van der Waals surface area contributed by atoms with E-state index in [1.165, 1.54) is 5.56 Å². The highest BCUT2D eigenvalue weighted by Gasteiger charge is 2.00. The van der Waals surface area contributed by atoms with Crippen molar-refractivity contribution in [3.05, 3.63) is 65.9 Å². The summed E-state index contributed by atoms with van der Waals surface area (Å²) in [7, 11) is 1.62. The fraction of sp³-hybridized carbons (Fsp3) is 0.167. The van der Waals surface area contributed by atoms with Crippen molar-refractivity contribution < 1.29 is 9.53 Å². The van der Waals surface area contributed by atoms with Gasteiger partial charge >= 0.3 is 6.03 Å². The number of anilines is 1. The fourth-order valence-corrected chi connectivity index (χ4v) is 2.00. The molecule has 4 nitrogen and oxygen atoms in total. The van der Waals surface area contributed by atoms with Crippen LogP contribution in [0.15, 0.2) is 54.7 Å². The highest BCUT2D eigenvalue weighted by molar-refractivity contribution is 5.90. The van der Waals surface area contributed by atoms with Crippen LogP contribution in [0.2, 0.25) is 0 Å². The molecule has 0 aliphatic carbocycles. The third-order valence-electron chi connectivity index (χ3n) is 3.24. The van der Waals surface area contributed by atoms with Crippen LogP contribution in [0.3, 0.4) is 0 Å². The molecule has 0 atom stereocenters. The standard InChI is InChI=1S/C18H20N2O2/c1-3-14-8-10-16(11-9-14)20-18(21)19-13-12-15-6-4-5-7-17(15)22-2/h4-13H,3H2,1-2H3,(H2,19,20,21)/b13-12+. The van der Waals surface area contributed by atoms with Crippen molar-refractivity contribution in [2.75, 3.05) is 12.4 Å². The van der Waals surface area contributed by atoms with Gasteiger partial charge in [0.25, 0.3) is 0 Å². The van der Waals surface area contributed by atoms with E-state index in [4.69, 9.17) is 4.74 Å². The van der Waals surface area contributed by atoms with E-state index in [-0.39, 0.29) is 6.03 Å². The van der Waals surface area contributed by atoms with E-state index in [2.05, 4.69) is 17.6 Å². The van der Waals surface area contributed by atoms with Crippen molar-refractivity contribution >= 4 is 17.8 Å². The Hall–Kier alpha value is -2.75. The Bertz CT molecular complexity index is 648. The molecule has 0 aliphatic rings. The van der Waals surface area contributed by atoms with Gasteiger partial charge in [0.05, 0.1) is 7.11 Å². The van der Waals surface area contributed by atoms with Crippen molar-refractivity contribution in [2.24, 2.45) is 0 Å². The monoisotopic (exact) mass is 296 g/mol. The zero-order valence-electron chi connectivity index (χ0n) is 12.8. The highest BCUT2D eigenvalue weighted by Crippen LogP contribution is 2.18. The molecule has 0 aromatic heterocycles. The first kappa shape index (κ1) is 15.6. The van der Waals surface area contributed by atoms with Gasteiger partial charge in [-0.05, 0) is 36.3 Å². The molecular weight excluding hydrogens is 276 g/mol. The van der Waals surface area contributed by atoms with Gasteiger partial charge < -0.3 is 15.4 Å². The van der Waals surface area contributed by atoms with E-state index < -0.39 is 0 Å². The Morgan fingerprint density at radius 1 is 1.14 bits per heavy atom. The van der Waals surface area contributed by atoms with Crippen LogP contribution in [0.1, 0.15) is 18.1 Å². The first-order chi connectivity index (χ1) is 10.7. The molecule has 0 saturated heterocycles. The van der Waals surface area contributed by atoms with E-state index >= 15 is 0 Å². The summed E-state index contributed by atoms with van der Waals surface area (Å²) >= 11 is 0. The maximum Gasteiger partial charge on any atom is 0.323 e. The minimum absolute atomic E-state index is 0.282. The van der Waals surface area contributed by atoms with Crippen molar-refractivity contribution in [3.63, 3.8) is 0 Å². The lowest BCUT2D eigenvalue weighted by Gasteiger charge is -2.06. The summed E-state index contributed by atoms with van der Waals surface area (Å²) in [6.07, 6.45) is 4.36. The second kappa shape index (κ2) is 7.88. The molecule has 0 saturated carbocycles. The Morgan fingerprint density at radius 3 is 2.55 bits per heavy atom. The fourth-order valence-electron chi connectivity index (χ4n) is 2.00. The van der Waals surface area contributed by atoms with Crippen molar-refractivity contribution in [1.82, 2.24) is 5.32 Å². The summed E-state index contributed by atoms with van der Waals surface area (Å²) in [6.45, 7) is 2.10. The highest BCUT2D eigenvalue weighted by atomic mass is 16.5. The summed E-state index contributed by atoms with van der Waals surface area (Å²) < 4.78 is 5.24. The van der Waals surface area contributed by atoms with Crippen LogP contribution in [-0.2, 0) is 6.42 Å². The van der Waals surface area contributed by atoms with Crippen LogP contribution in [0, 0.1) is 0 Å². The van der Waals surface area contributed by atoms with E-state index in [9.17, 15) is 4.79 Å². The van der Waals surface area contributed by atoms with E-state index in [0.29, 0.717) is 0 Å². The van der Waals surface area contributed by atoms with Crippen molar-refractivity contribution in [2.45, 2.75) is 13.3 Å². The summed E-state index contributed by atoms with van der Waals surface area (Å²) in [6, 6.07) is 15.1. The van der Waals surface area contributed by atoms with Gasteiger partial charge in [-0.3, -0.25) is 0 Å². The topological polar surface area (TPSA) is 50.4 Å². The number of carbonyl (C=O) groups excluding carboxylic acids is 1. The van der Waals surface area contributed by atoms with Gasteiger partial charge in [-0.25, -0.2) is 4.79 Å². The number of ether oxygens (including phenoxy) is 1. The summed E-state index contributed by atoms with van der Waals surface area (Å²) in [5.74, 6) is 0.760. The maximum atomic E-state index is 11.8. The van der Waals surface area contributed by atoms with Crippen LogP contribution in [0.25, 0.3) is 6.08 Å². The molecule has 0 unspecified atom stereocenters. The Kier molecular flexibility index (Phi) is 5.60. The third-order valence-corrected chi connectivity index (χ3v) is 3.24. The lowest BCUT2D eigenvalue weighted by atomic mass is 10.1. The lowest BCUT2D eigenvalue weighted by Crippen LogP contribution is -2.23. The van der Waals surface area contributed by atoms with Crippen LogP contribution in [-0.4, -0.2) is 13.1 Å². The van der Waals surface area contributed by atoms with Crippen LogP contribution in [0.4, 0.5) is 10.5 Å². The van der Waals surface area contributed by atoms with Gasteiger partial charge in [-0.1, -0.05) is 37.3 Å². The molecule has 0 aliphatic heterocycles. The minimum Gasteiger partial charge on any atom is -0.496 e. The van der Waals surface area contributed by atoms with Crippen molar-refractivity contribution in [1.29, 1.82) is 0 Å². The number of aryl methyl sites for hydroxylation is 1. The van der Waals surface area contributed by atoms with Crippen LogP contribution < -0.4 is 15.4 Å². The van der Waals surface area contributed by atoms with Crippen LogP contribution in [0.5, 0.6) is 5.75 Å². The largest absolute Gasteiger partial charge is 0.496 e. The number of methoxy groups -OCH3 is 1. The molecule has 22 heavy (non-hydrogen) atoms. The number of para-hydroxylation sites is 1. The number of benzene rings is 2. The average Bonchev–Trinajstić information content (AvgIpc) is 2.56. The smallest absolute Gasteiger partial charge is 0.323 e. The molecule has 0 bridgehead atoms. The van der Waals surface area contributed by atoms with Gasteiger partial charge in [0.15, 0.2) is 0 Å². The molecule has 0 heterocycles. The van der Waals surface area contributed by atoms with Gasteiger partial charge in [0, 0.05) is 17.5 Å². The van der Waals surface area contributed by atoms with E-state index in [1.54, 1.807) is 19.4 Å². The number of urea groups is 1. The minimum atomic E-state index is -0.282. The third kappa shape index (κ3) is 4.38. The molecule has 114 valence electrons. The molecule has 2 amide bonds. The Labute approximate surface area is 130 Å². The number of rotatable bonds is 5. The van der Waals surface area contributed by atoms with Gasteiger partial charge in [0.2, 0.25) is 0 Å². The molecule has 2 rings (SSSR count). The molecule has 0 spiro atoms. The number of hydrogen-bond acceptors (Lipinski definition) is 2. The zero-order valence-corrected chi connectivity index (χ0v) is 12.8. The Balaban J connectivity index is 1.90. The zero-order chi connectivity index (χ0) is 15.8. The predicted octanol–water partition coefficient (Wildman–Crippen LogP) is 4.05. The van der Waals surface area contributed by atoms with Gasteiger partial charge in [-0.15, -0.1) is 0 Å². The van der Waals surface area contributed by atoms with Gasteiger partial charge in [0.1, 0.15) is 5.75 Å². The maximum absolute atomic E-state index is 11.8. The van der Waals surface area contributed by atoms with Crippen molar-refractivity contribution in [3.8, 4) is 5.75 Å². The Morgan fingerprint density at radius 2 is 1.86 bits per heavy atom. The predicted molar refractivity (Wildman–Crippen MR) is 90.0 cm³/mol. The summed E-state index contributed by atoms with van der Waals surface area (Å²) in [4.78, 5) is 11.8. The van der Waals surface area contributed by atoms with Crippen LogP contribution >= 0.6 is 0 Å². The number of nitrogens with one attached hydrogen (secondary N) is 2. The van der Waals surface area contributed by atoms with Gasteiger partial charge in [-0.2, -0.15) is 0 Å². The van der Waals surface area contributed by atoms with E-state index in [0.717, 1.165) is 23.4 Å². The second-order valence-electron chi connectivity index (χ2n) is 4.72. The molecule has 2 aromatic rings. The first-order valence-electron chi connectivity index (χ1n) is 7.19. The SMILES string of the molecule is CCc1ccc(NC(=O)N/C=C/c2ccccc2OC)cc1.